The van der Waals surface area contributed by atoms with Crippen molar-refractivity contribution in [1.29, 1.82) is 0 Å². The lowest BCUT2D eigenvalue weighted by atomic mass is 9.96. The summed E-state index contributed by atoms with van der Waals surface area (Å²) in [6, 6.07) is 22.2. The van der Waals surface area contributed by atoms with Crippen LogP contribution in [-0.4, -0.2) is 41.0 Å². The summed E-state index contributed by atoms with van der Waals surface area (Å²) in [6.45, 7) is 2.18. The Morgan fingerprint density at radius 1 is 1.03 bits per heavy atom. The number of hydrogen-bond acceptors (Lipinski definition) is 4. The largest absolute Gasteiger partial charge is 0.336 e. The van der Waals surface area contributed by atoms with Crippen LogP contribution in [0, 0.1) is 0 Å². The van der Waals surface area contributed by atoms with Gasteiger partial charge in [0.05, 0.1) is 6.04 Å². The number of nitrogens with one attached hydrogen (secondary N) is 1. The normalized spacial score (nSPS) is 17.7. The first-order valence-electron chi connectivity index (χ1n) is 10.5. The van der Waals surface area contributed by atoms with E-state index in [9.17, 15) is 4.79 Å². The van der Waals surface area contributed by atoms with E-state index in [4.69, 9.17) is 5.73 Å². The van der Waals surface area contributed by atoms with E-state index in [1.165, 1.54) is 5.56 Å². The van der Waals surface area contributed by atoms with Gasteiger partial charge in [0.15, 0.2) is 0 Å². The Morgan fingerprint density at radius 3 is 2.63 bits per heavy atom. The van der Waals surface area contributed by atoms with Crippen LogP contribution in [0.3, 0.4) is 0 Å². The summed E-state index contributed by atoms with van der Waals surface area (Å²) in [7, 11) is 0. The van der Waals surface area contributed by atoms with Gasteiger partial charge in [-0.15, -0.1) is 0 Å². The lowest BCUT2D eigenvalue weighted by Crippen LogP contribution is -2.56. The molecule has 1 aromatic heterocycles. The molecule has 5 nitrogen and oxygen atoms in total. The van der Waals surface area contributed by atoms with E-state index in [-0.39, 0.29) is 18.0 Å². The summed E-state index contributed by atoms with van der Waals surface area (Å²) >= 11 is 0. The Labute approximate surface area is 177 Å². The number of nitrogens with zero attached hydrogens (tertiary/aromatic N) is 2. The molecule has 3 N–H and O–H groups in total. The van der Waals surface area contributed by atoms with Crippen molar-refractivity contribution in [3.05, 3.63) is 90.3 Å². The van der Waals surface area contributed by atoms with Crippen LogP contribution in [0.5, 0.6) is 0 Å². The fourth-order valence-electron chi connectivity index (χ4n) is 4.04. The highest BCUT2D eigenvalue weighted by atomic mass is 16.2. The van der Waals surface area contributed by atoms with E-state index in [2.05, 4.69) is 52.8 Å². The Kier molecular flexibility index (Phi) is 6.52. The summed E-state index contributed by atoms with van der Waals surface area (Å²) in [5.41, 5.74) is 11.0. The Hall–Kier alpha value is -3.02. The fourth-order valence-corrected chi connectivity index (χ4v) is 4.04. The van der Waals surface area contributed by atoms with Crippen molar-refractivity contribution < 1.29 is 4.79 Å². The number of carbonyl (C=O) groups excluding carboxylic acids is 1. The number of benzene rings is 2. The molecule has 2 atom stereocenters. The summed E-state index contributed by atoms with van der Waals surface area (Å²) < 4.78 is 0. The minimum atomic E-state index is -0.223. The van der Waals surface area contributed by atoms with E-state index < -0.39 is 0 Å². The molecule has 2 heterocycles. The number of piperazine rings is 1. The summed E-state index contributed by atoms with van der Waals surface area (Å²) in [5.74, 6) is 0.143. The van der Waals surface area contributed by atoms with E-state index in [0.29, 0.717) is 13.0 Å². The number of aromatic nitrogens is 1. The summed E-state index contributed by atoms with van der Waals surface area (Å²) in [5, 5.41) is 3.36. The highest BCUT2D eigenvalue weighted by Crippen LogP contribution is 2.20. The fraction of sp³-hybridized carbons (Fsp3) is 0.280. The van der Waals surface area contributed by atoms with Gasteiger partial charge in [-0.25, -0.2) is 0 Å². The van der Waals surface area contributed by atoms with Crippen molar-refractivity contribution in [2.24, 2.45) is 5.73 Å². The lowest BCUT2D eigenvalue weighted by molar-refractivity contribution is -0.136. The molecular formula is C25H28N4O. The van der Waals surface area contributed by atoms with Crippen LogP contribution >= 0.6 is 0 Å². The van der Waals surface area contributed by atoms with Crippen molar-refractivity contribution in [1.82, 2.24) is 15.2 Å². The van der Waals surface area contributed by atoms with Crippen LogP contribution < -0.4 is 11.1 Å². The van der Waals surface area contributed by atoms with Gasteiger partial charge in [-0.1, -0.05) is 60.7 Å². The molecule has 1 aliphatic rings. The molecule has 154 valence electrons. The van der Waals surface area contributed by atoms with Crippen LogP contribution in [-0.2, 0) is 17.8 Å². The molecule has 1 saturated heterocycles. The van der Waals surface area contributed by atoms with Crippen LogP contribution in [0.25, 0.3) is 11.1 Å². The molecule has 0 aliphatic carbocycles. The number of carbonyl (C=O) groups is 1. The molecule has 3 aromatic rings. The third-order valence-electron chi connectivity index (χ3n) is 5.56. The average molecular weight is 401 g/mol. The second-order valence-electron chi connectivity index (χ2n) is 7.89. The highest BCUT2D eigenvalue weighted by molar-refractivity contribution is 5.82. The second-order valence-corrected chi connectivity index (χ2v) is 7.89. The van der Waals surface area contributed by atoms with Gasteiger partial charge in [0.1, 0.15) is 0 Å². The predicted molar refractivity (Wildman–Crippen MR) is 120 cm³/mol. The van der Waals surface area contributed by atoms with Crippen LogP contribution in [0.4, 0.5) is 0 Å². The van der Waals surface area contributed by atoms with Crippen molar-refractivity contribution >= 4 is 5.91 Å². The molecule has 0 spiro atoms. The Balaban J connectivity index is 1.36. The molecule has 2 aromatic carbocycles. The van der Waals surface area contributed by atoms with E-state index in [1.54, 1.807) is 6.20 Å². The molecule has 5 heteroatoms. The van der Waals surface area contributed by atoms with E-state index in [0.717, 1.165) is 36.2 Å². The first-order chi connectivity index (χ1) is 14.7. The monoisotopic (exact) mass is 400 g/mol. The Bertz CT molecular complexity index is 961. The maximum Gasteiger partial charge on any atom is 0.240 e. The van der Waals surface area contributed by atoms with Crippen LogP contribution in [0.1, 0.15) is 17.5 Å². The number of pyridine rings is 1. The average Bonchev–Trinajstić information content (AvgIpc) is 2.78. The number of rotatable bonds is 7. The molecular weight excluding hydrogens is 372 g/mol. The van der Waals surface area contributed by atoms with Gasteiger partial charge in [-0.3, -0.25) is 9.78 Å². The minimum absolute atomic E-state index is 0.0905. The standard InChI is InChI=1S/C25H28N4O/c26-23(15-20-8-4-9-21(14-20)22-10-5-11-27-17-22)16-24-25(30)29(13-12-28-24)18-19-6-2-1-3-7-19/h1-11,14,17,23-24,28H,12-13,15-16,18,26H2/t23-,24-/m0/s1. The zero-order valence-electron chi connectivity index (χ0n) is 17.1. The zero-order valence-corrected chi connectivity index (χ0v) is 17.1. The molecule has 0 saturated carbocycles. The zero-order chi connectivity index (χ0) is 20.8. The Morgan fingerprint density at radius 2 is 1.83 bits per heavy atom. The molecule has 30 heavy (non-hydrogen) atoms. The number of amides is 1. The molecule has 0 bridgehead atoms. The lowest BCUT2D eigenvalue weighted by Gasteiger charge is -2.34. The third kappa shape index (κ3) is 5.12. The second kappa shape index (κ2) is 9.65. The van der Waals surface area contributed by atoms with Gasteiger partial charge in [-0.2, -0.15) is 0 Å². The highest BCUT2D eigenvalue weighted by Gasteiger charge is 2.29. The predicted octanol–water partition coefficient (Wildman–Crippen LogP) is 3.01. The minimum Gasteiger partial charge on any atom is -0.336 e. The van der Waals surface area contributed by atoms with Crippen molar-refractivity contribution in [2.75, 3.05) is 13.1 Å². The van der Waals surface area contributed by atoms with Gasteiger partial charge in [0, 0.05) is 38.1 Å². The summed E-state index contributed by atoms with van der Waals surface area (Å²) in [4.78, 5) is 19.1. The molecule has 1 fully saturated rings. The van der Waals surface area contributed by atoms with Gasteiger partial charge < -0.3 is 16.0 Å². The molecule has 4 rings (SSSR count). The maximum absolute atomic E-state index is 13.0. The SMILES string of the molecule is N[C@@H](Cc1cccc(-c2cccnc2)c1)C[C@@H]1NCCN(Cc2ccccc2)C1=O. The molecule has 1 aliphatic heterocycles. The number of nitrogens with two attached hydrogens (primary N) is 1. The third-order valence-corrected chi connectivity index (χ3v) is 5.56. The van der Waals surface area contributed by atoms with Crippen LogP contribution in [0.15, 0.2) is 79.1 Å². The number of hydrogen-bond donors (Lipinski definition) is 2. The first-order valence-corrected chi connectivity index (χ1v) is 10.5. The quantitative estimate of drug-likeness (QED) is 0.640. The van der Waals surface area contributed by atoms with Crippen molar-refractivity contribution in [3.63, 3.8) is 0 Å². The molecule has 1 amide bonds. The van der Waals surface area contributed by atoms with Gasteiger partial charge in [-0.05, 0) is 41.2 Å². The van der Waals surface area contributed by atoms with Gasteiger partial charge >= 0.3 is 0 Å². The van der Waals surface area contributed by atoms with Crippen molar-refractivity contribution in [2.45, 2.75) is 31.5 Å². The maximum atomic E-state index is 13.0. The molecule has 0 unspecified atom stereocenters. The summed E-state index contributed by atoms with van der Waals surface area (Å²) in [6.07, 6.45) is 5.00. The topological polar surface area (TPSA) is 71.2 Å². The van der Waals surface area contributed by atoms with E-state index in [1.807, 2.05) is 35.4 Å². The van der Waals surface area contributed by atoms with Crippen LogP contribution in [0.2, 0.25) is 0 Å². The van der Waals surface area contributed by atoms with Crippen molar-refractivity contribution in [3.8, 4) is 11.1 Å². The smallest absolute Gasteiger partial charge is 0.240 e. The van der Waals surface area contributed by atoms with Gasteiger partial charge in [0.2, 0.25) is 5.91 Å². The first kappa shape index (κ1) is 20.3. The van der Waals surface area contributed by atoms with E-state index >= 15 is 0 Å². The molecule has 0 radical (unpaired) electrons. The van der Waals surface area contributed by atoms with Gasteiger partial charge in [0.25, 0.3) is 0 Å².